The number of aldehydes is 1. The lowest BCUT2D eigenvalue weighted by atomic mass is 9.82. The highest BCUT2D eigenvalue weighted by Crippen LogP contribution is 2.39. The number of piperidine rings is 1. The van der Waals surface area contributed by atoms with Gasteiger partial charge in [0.05, 0.1) is 41.9 Å². The third-order valence-electron chi connectivity index (χ3n) is 15.2. The van der Waals surface area contributed by atoms with Crippen molar-refractivity contribution in [1.29, 1.82) is 0 Å². The predicted octanol–water partition coefficient (Wildman–Crippen LogP) is 3.99. The van der Waals surface area contributed by atoms with Crippen LogP contribution < -0.4 is 30.9 Å². The molecule has 22 heteroatoms. The Kier molecular flexibility index (Phi) is 14.8. The number of aromatic nitrogens is 6. The molecule has 6 heterocycles. The van der Waals surface area contributed by atoms with Gasteiger partial charge in [-0.1, -0.05) is 36.4 Å². The summed E-state index contributed by atoms with van der Waals surface area (Å²) in [5.41, 5.74) is 2.56. The molecule has 5 N–H and O–H groups in total. The summed E-state index contributed by atoms with van der Waals surface area (Å²) < 4.78 is 33.4. The van der Waals surface area contributed by atoms with Crippen LogP contribution in [0.1, 0.15) is 92.7 Å². The van der Waals surface area contributed by atoms with Crippen LogP contribution in [-0.4, -0.2) is 147 Å². The Morgan fingerprint density at radius 3 is 2.44 bits per heavy atom. The van der Waals surface area contributed by atoms with Crippen molar-refractivity contribution in [1.82, 2.24) is 55.9 Å². The number of fused-ring (bicyclic) bond motifs is 3. The van der Waals surface area contributed by atoms with Gasteiger partial charge >= 0.3 is 0 Å². The van der Waals surface area contributed by atoms with Crippen LogP contribution in [-0.2, 0) is 41.0 Å². The van der Waals surface area contributed by atoms with Crippen molar-refractivity contribution in [2.24, 2.45) is 5.92 Å². The molecule has 75 heavy (non-hydrogen) atoms. The van der Waals surface area contributed by atoms with E-state index < -0.39 is 67.9 Å². The van der Waals surface area contributed by atoms with E-state index in [0.29, 0.717) is 91.8 Å². The largest absolute Gasteiger partial charge is 0.492 e. The minimum Gasteiger partial charge on any atom is -0.492 e. The molecule has 0 radical (unpaired) electrons. The Morgan fingerprint density at radius 1 is 0.973 bits per heavy atom. The standard InChI is InChI=1S/C53H65N13O8S/c1-31-32(2)62-63-46(31)60-47-37-23-44(75(72,73)52(4,5)6)43(24-39(37)57-30-58-47)74-28-34-16-20-64(21-17-34)45-26-55-40(25-56-45)50(70)65-22-18-36-14-15-42(66(36)51(71)41(27-65)59-48(68)33(3)54-7)49(69)61-53(29-67)19-10-12-35-11-8-9-13-38(35)53/h8-11,13,19,23-26,29-30,33-34,36,41-42,54H,12,14-18,20-22,27-28H2,1-7H3,(H,59,68)(H,61,69)(H2,57,58,60,62,63)/t33-,36+,41-,42-,53-/m0/s1. The molecule has 4 aliphatic rings. The highest BCUT2D eigenvalue weighted by Gasteiger charge is 2.48. The minimum atomic E-state index is -3.89. The molecule has 0 spiro atoms. The zero-order valence-corrected chi connectivity index (χ0v) is 44.2. The molecule has 3 fully saturated rings. The maximum atomic E-state index is 14.7. The van der Waals surface area contributed by atoms with Gasteiger partial charge in [-0.3, -0.25) is 29.1 Å². The maximum Gasteiger partial charge on any atom is 0.274 e. The quantitative estimate of drug-likeness (QED) is 0.0778. The van der Waals surface area contributed by atoms with Gasteiger partial charge in [-0.25, -0.2) is 28.4 Å². The molecule has 9 rings (SSSR count). The number of H-pyrrole nitrogens is 1. The number of carbonyl (C=O) groups excluding carboxylic acids is 5. The number of nitrogens with zero attached hydrogens (tertiary/aromatic N) is 8. The summed E-state index contributed by atoms with van der Waals surface area (Å²) >= 11 is 0. The van der Waals surface area contributed by atoms with Crippen molar-refractivity contribution in [2.45, 2.75) is 119 Å². The molecule has 2 aromatic carbocycles. The number of nitrogens with one attached hydrogen (secondary N) is 5. The average Bonchev–Trinajstić information content (AvgIpc) is 3.98. The van der Waals surface area contributed by atoms with E-state index in [9.17, 15) is 32.4 Å². The fourth-order valence-electron chi connectivity index (χ4n) is 10.3. The Balaban J connectivity index is 0.856. The second-order valence-corrected chi connectivity index (χ2v) is 23.6. The average molecular weight is 1040 g/mol. The normalized spacial score (nSPS) is 21.7. The summed E-state index contributed by atoms with van der Waals surface area (Å²) in [6.07, 6.45) is 11.8. The van der Waals surface area contributed by atoms with E-state index in [2.05, 4.69) is 56.3 Å². The van der Waals surface area contributed by atoms with Crippen LogP contribution in [0.2, 0.25) is 0 Å². The smallest absolute Gasteiger partial charge is 0.274 e. The molecule has 396 valence electrons. The van der Waals surface area contributed by atoms with Crippen LogP contribution in [0.5, 0.6) is 5.75 Å². The fraction of sp³-hybridized carbons (Fsp3) is 0.472. The third kappa shape index (κ3) is 10.4. The number of rotatable bonds is 14. The monoisotopic (exact) mass is 1040 g/mol. The topological polar surface area (TPSA) is 267 Å². The molecule has 3 saturated heterocycles. The van der Waals surface area contributed by atoms with E-state index in [0.717, 1.165) is 16.8 Å². The highest BCUT2D eigenvalue weighted by molar-refractivity contribution is 7.92. The second-order valence-electron chi connectivity index (χ2n) is 20.9. The van der Waals surface area contributed by atoms with Crippen molar-refractivity contribution in [3.8, 4) is 5.75 Å². The predicted molar refractivity (Wildman–Crippen MR) is 280 cm³/mol. The van der Waals surface area contributed by atoms with Gasteiger partial charge in [-0.05, 0) is 110 Å². The van der Waals surface area contributed by atoms with Crippen LogP contribution in [0.15, 0.2) is 72.2 Å². The van der Waals surface area contributed by atoms with Crippen molar-refractivity contribution in [2.75, 3.05) is 50.1 Å². The first kappa shape index (κ1) is 52.5. The van der Waals surface area contributed by atoms with E-state index >= 15 is 0 Å². The summed E-state index contributed by atoms with van der Waals surface area (Å²) in [6, 6.07) is 7.48. The summed E-state index contributed by atoms with van der Waals surface area (Å²) in [7, 11) is -2.26. The summed E-state index contributed by atoms with van der Waals surface area (Å²) in [4.78, 5) is 92.5. The fourth-order valence-corrected chi connectivity index (χ4v) is 11.6. The number of allylic oxidation sites excluding steroid dienone is 1. The first-order chi connectivity index (χ1) is 35.8. The Hall–Kier alpha value is -7.33. The Morgan fingerprint density at radius 2 is 1.75 bits per heavy atom. The number of sulfone groups is 1. The number of hydrogen-bond acceptors (Lipinski definition) is 16. The number of benzene rings is 2. The van der Waals surface area contributed by atoms with Gasteiger partial charge in [0.1, 0.15) is 51.9 Å². The molecule has 0 bridgehead atoms. The van der Waals surface area contributed by atoms with Crippen molar-refractivity contribution in [3.63, 3.8) is 0 Å². The SMILES string of the molecule is CN[C@@H](C)C(=O)N[C@H]1CN(C(=O)c2cnc(N3CCC(COc4cc5ncnc(Nc6n[nH]c(C)c6C)c5cc4S(=O)(=O)C(C)(C)C)CC3)cn2)CC[C@H]2CC[C@@H](C(=O)N[C@]3(C=O)C=CCc4ccccc43)N2C1=O. The molecule has 3 aromatic heterocycles. The van der Waals surface area contributed by atoms with Crippen molar-refractivity contribution >= 4 is 68.1 Å². The number of aromatic amines is 1. The third-order valence-corrected chi connectivity index (χ3v) is 17.7. The maximum absolute atomic E-state index is 14.7. The lowest BCUT2D eigenvalue weighted by Crippen LogP contribution is -2.63. The van der Waals surface area contributed by atoms with Gasteiger partial charge in [0.2, 0.25) is 17.7 Å². The second kappa shape index (κ2) is 21.1. The van der Waals surface area contributed by atoms with Gasteiger partial charge < -0.3 is 40.7 Å². The molecule has 5 atom stereocenters. The van der Waals surface area contributed by atoms with Gasteiger partial charge in [0.15, 0.2) is 21.9 Å². The zero-order chi connectivity index (χ0) is 53.4. The number of aryl methyl sites for hydroxylation is 1. The zero-order valence-electron chi connectivity index (χ0n) is 43.3. The molecule has 21 nitrogen and oxygen atoms in total. The minimum absolute atomic E-state index is 0.0476. The summed E-state index contributed by atoms with van der Waals surface area (Å²) in [5, 5.41) is 19.7. The van der Waals surface area contributed by atoms with Gasteiger partial charge in [0, 0.05) is 48.4 Å². The molecule has 3 aliphatic heterocycles. The first-order valence-electron chi connectivity index (χ1n) is 25.5. The highest BCUT2D eigenvalue weighted by atomic mass is 32.2. The molecule has 0 saturated carbocycles. The molecular weight excluding hydrogens is 979 g/mol. The van der Waals surface area contributed by atoms with E-state index in [1.807, 2.05) is 44.2 Å². The number of likely N-dealkylation sites (N-methyl/N-ethyl adjacent to an activating group) is 1. The van der Waals surface area contributed by atoms with Gasteiger partial charge in [-0.15, -0.1) is 0 Å². The molecule has 4 amide bonds. The van der Waals surface area contributed by atoms with E-state index in [-0.39, 0.29) is 42.0 Å². The number of amides is 4. The van der Waals surface area contributed by atoms with Crippen LogP contribution >= 0.6 is 0 Å². The van der Waals surface area contributed by atoms with Crippen LogP contribution in [0.3, 0.4) is 0 Å². The van der Waals surface area contributed by atoms with Crippen LogP contribution in [0.4, 0.5) is 17.5 Å². The Bertz CT molecular complexity index is 3150. The lowest BCUT2D eigenvalue weighted by molar-refractivity contribution is -0.145. The van der Waals surface area contributed by atoms with Gasteiger partial charge in [-0.2, -0.15) is 5.10 Å². The van der Waals surface area contributed by atoms with Crippen molar-refractivity contribution in [3.05, 3.63) is 95.3 Å². The van der Waals surface area contributed by atoms with Gasteiger partial charge in [0.25, 0.3) is 5.91 Å². The first-order valence-corrected chi connectivity index (χ1v) is 27.0. The van der Waals surface area contributed by atoms with Crippen LogP contribution in [0.25, 0.3) is 10.9 Å². The molecule has 0 unspecified atom stereocenters. The Labute approximate surface area is 436 Å². The number of anilines is 3. The van der Waals surface area contributed by atoms with Crippen molar-refractivity contribution < 1.29 is 37.1 Å². The molecule has 5 aromatic rings. The summed E-state index contributed by atoms with van der Waals surface area (Å²) in [6.45, 7) is 12.0. The number of ether oxygens (including phenoxy) is 1. The van der Waals surface area contributed by atoms with E-state index in [4.69, 9.17) is 4.74 Å². The molecular formula is C53H65N13O8S. The molecule has 1 aliphatic carbocycles. The number of carbonyl (C=O) groups is 5. The lowest BCUT2D eigenvalue weighted by Gasteiger charge is -2.40. The van der Waals surface area contributed by atoms with E-state index in [1.54, 1.807) is 64.0 Å². The van der Waals surface area contributed by atoms with E-state index in [1.165, 1.54) is 17.4 Å². The summed E-state index contributed by atoms with van der Waals surface area (Å²) in [5.74, 6) is -0.0235. The number of hydrogen-bond donors (Lipinski definition) is 5. The van der Waals surface area contributed by atoms with Crippen LogP contribution in [0, 0.1) is 19.8 Å².